The van der Waals surface area contributed by atoms with Gasteiger partial charge in [0.15, 0.2) is 0 Å². The standard InChI is InChI=1S/C18H22FNO/c1-13-3-8-18(11-14(13)2)21-10-9-16(12-20)15-4-6-17(19)7-5-15/h3-8,11,16H,9-10,12,20H2,1-2H3. The number of nitrogens with two attached hydrogens (primary N) is 1. The van der Waals surface area contributed by atoms with Crippen molar-refractivity contribution in [3.63, 3.8) is 0 Å². The zero-order valence-electron chi connectivity index (χ0n) is 12.6. The number of rotatable bonds is 6. The summed E-state index contributed by atoms with van der Waals surface area (Å²) in [6.07, 6.45) is 0.815. The SMILES string of the molecule is Cc1ccc(OCCC(CN)c2ccc(F)cc2)cc1C. The lowest BCUT2D eigenvalue weighted by Gasteiger charge is -2.16. The highest BCUT2D eigenvalue weighted by atomic mass is 19.1. The average Bonchev–Trinajstić information content (AvgIpc) is 2.48. The van der Waals surface area contributed by atoms with E-state index < -0.39 is 0 Å². The van der Waals surface area contributed by atoms with Gasteiger partial charge in [-0.1, -0.05) is 18.2 Å². The van der Waals surface area contributed by atoms with Crippen LogP contribution in [0.3, 0.4) is 0 Å². The third kappa shape index (κ3) is 4.30. The maximum atomic E-state index is 12.9. The van der Waals surface area contributed by atoms with Crippen LogP contribution in [0.2, 0.25) is 0 Å². The first kappa shape index (κ1) is 15.5. The minimum Gasteiger partial charge on any atom is -0.494 e. The molecule has 0 bridgehead atoms. The van der Waals surface area contributed by atoms with Crippen molar-refractivity contribution in [2.45, 2.75) is 26.2 Å². The van der Waals surface area contributed by atoms with Gasteiger partial charge in [0.1, 0.15) is 11.6 Å². The van der Waals surface area contributed by atoms with Gasteiger partial charge in [-0.2, -0.15) is 0 Å². The summed E-state index contributed by atoms with van der Waals surface area (Å²) < 4.78 is 18.7. The molecule has 2 rings (SSSR count). The van der Waals surface area contributed by atoms with E-state index in [4.69, 9.17) is 10.5 Å². The minimum atomic E-state index is -0.221. The fourth-order valence-corrected chi connectivity index (χ4v) is 2.28. The van der Waals surface area contributed by atoms with Crippen molar-refractivity contribution in [2.24, 2.45) is 5.73 Å². The molecular weight excluding hydrogens is 265 g/mol. The lowest BCUT2D eigenvalue weighted by atomic mass is 9.96. The van der Waals surface area contributed by atoms with E-state index in [-0.39, 0.29) is 11.7 Å². The summed E-state index contributed by atoms with van der Waals surface area (Å²) in [5.41, 5.74) is 9.36. The number of hydrogen-bond donors (Lipinski definition) is 1. The van der Waals surface area contributed by atoms with Gasteiger partial charge in [-0.25, -0.2) is 4.39 Å². The summed E-state index contributed by atoms with van der Waals surface area (Å²) in [4.78, 5) is 0. The molecule has 0 radical (unpaired) electrons. The van der Waals surface area contributed by atoms with Crippen LogP contribution in [0.5, 0.6) is 5.75 Å². The average molecular weight is 287 g/mol. The van der Waals surface area contributed by atoms with Gasteiger partial charge in [-0.15, -0.1) is 0 Å². The molecule has 0 saturated heterocycles. The van der Waals surface area contributed by atoms with Crippen LogP contribution in [-0.2, 0) is 0 Å². The molecule has 112 valence electrons. The van der Waals surface area contributed by atoms with E-state index in [0.717, 1.165) is 17.7 Å². The highest BCUT2D eigenvalue weighted by Gasteiger charge is 2.10. The van der Waals surface area contributed by atoms with Crippen LogP contribution < -0.4 is 10.5 Å². The van der Waals surface area contributed by atoms with Crippen molar-refractivity contribution in [3.05, 3.63) is 65.0 Å². The maximum absolute atomic E-state index is 12.9. The quantitative estimate of drug-likeness (QED) is 0.873. The Morgan fingerprint density at radius 2 is 1.76 bits per heavy atom. The second-order valence-electron chi connectivity index (χ2n) is 5.37. The predicted octanol–water partition coefficient (Wildman–Crippen LogP) is 3.95. The predicted molar refractivity (Wildman–Crippen MR) is 84.2 cm³/mol. The van der Waals surface area contributed by atoms with E-state index in [1.807, 2.05) is 12.1 Å². The molecule has 0 aliphatic heterocycles. The molecule has 2 N–H and O–H groups in total. The van der Waals surface area contributed by atoms with Crippen molar-refractivity contribution in [2.75, 3.05) is 13.2 Å². The van der Waals surface area contributed by atoms with E-state index in [1.54, 1.807) is 12.1 Å². The monoisotopic (exact) mass is 287 g/mol. The molecule has 2 aromatic rings. The maximum Gasteiger partial charge on any atom is 0.123 e. The molecule has 3 heteroatoms. The summed E-state index contributed by atoms with van der Waals surface area (Å²) >= 11 is 0. The largest absolute Gasteiger partial charge is 0.494 e. The molecule has 21 heavy (non-hydrogen) atoms. The van der Waals surface area contributed by atoms with Crippen molar-refractivity contribution < 1.29 is 9.13 Å². The molecule has 2 aromatic carbocycles. The van der Waals surface area contributed by atoms with Crippen LogP contribution in [0.25, 0.3) is 0 Å². The molecule has 0 aliphatic rings. The molecule has 0 saturated carbocycles. The fourth-order valence-electron chi connectivity index (χ4n) is 2.28. The highest BCUT2D eigenvalue weighted by Crippen LogP contribution is 2.21. The lowest BCUT2D eigenvalue weighted by Crippen LogP contribution is -2.15. The van der Waals surface area contributed by atoms with Crippen LogP contribution in [0.1, 0.15) is 29.0 Å². The first-order chi connectivity index (χ1) is 10.1. The molecule has 0 heterocycles. The molecule has 0 aliphatic carbocycles. The molecule has 1 unspecified atom stereocenters. The van der Waals surface area contributed by atoms with E-state index >= 15 is 0 Å². The fraction of sp³-hybridized carbons (Fsp3) is 0.333. The Kier molecular flexibility index (Phi) is 5.34. The van der Waals surface area contributed by atoms with Crippen molar-refractivity contribution in [1.29, 1.82) is 0 Å². The van der Waals surface area contributed by atoms with Crippen LogP contribution in [0.4, 0.5) is 4.39 Å². The number of ether oxygens (including phenoxy) is 1. The third-order valence-electron chi connectivity index (χ3n) is 3.84. The third-order valence-corrected chi connectivity index (χ3v) is 3.84. The Morgan fingerprint density at radius 3 is 2.38 bits per heavy atom. The van der Waals surface area contributed by atoms with Crippen LogP contribution in [0.15, 0.2) is 42.5 Å². The van der Waals surface area contributed by atoms with E-state index in [9.17, 15) is 4.39 Å². The van der Waals surface area contributed by atoms with Crippen LogP contribution in [0, 0.1) is 19.7 Å². The summed E-state index contributed by atoms with van der Waals surface area (Å²) in [6, 6.07) is 12.6. The van der Waals surface area contributed by atoms with Crippen molar-refractivity contribution in [3.8, 4) is 5.75 Å². The Labute approximate surface area is 125 Å². The van der Waals surface area contributed by atoms with Gasteiger partial charge < -0.3 is 10.5 Å². The number of halogens is 1. The van der Waals surface area contributed by atoms with E-state index in [2.05, 4.69) is 19.9 Å². The lowest BCUT2D eigenvalue weighted by molar-refractivity contribution is 0.298. The van der Waals surface area contributed by atoms with Gasteiger partial charge in [-0.3, -0.25) is 0 Å². The van der Waals surface area contributed by atoms with Gasteiger partial charge in [0.25, 0.3) is 0 Å². The van der Waals surface area contributed by atoms with Gasteiger partial charge in [0, 0.05) is 0 Å². The zero-order valence-corrected chi connectivity index (χ0v) is 12.6. The second-order valence-corrected chi connectivity index (χ2v) is 5.37. The summed E-state index contributed by atoms with van der Waals surface area (Å²) in [6.45, 7) is 5.28. The number of aryl methyl sites for hydroxylation is 2. The summed E-state index contributed by atoms with van der Waals surface area (Å²) in [5, 5.41) is 0. The minimum absolute atomic E-state index is 0.192. The van der Waals surface area contributed by atoms with Crippen molar-refractivity contribution >= 4 is 0 Å². The first-order valence-electron chi connectivity index (χ1n) is 7.25. The van der Waals surface area contributed by atoms with Gasteiger partial charge >= 0.3 is 0 Å². The Bertz CT molecular complexity index is 580. The zero-order chi connectivity index (χ0) is 15.2. The molecule has 2 nitrogen and oxygen atoms in total. The molecule has 0 amide bonds. The van der Waals surface area contributed by atoms with E-state index in [1.165, 1.54) is 23.3 Å². The van der Waals surface area contributed by atoms with Gasteiger partial charge in [0.2, 0.25) is 0 Å². The van der Waals surface area contributed by atoms with Crippen LogP contribution in [-0.4, -0.2) is 13.2 Å². The Balaban J connectivity index is 1.91. The van der Waals surface area contributed by atoms with Gasteiger partial charge in [0.05, 0.1) is 6.61 Å². The summed E-state index contributed by atoms with van der Waals surface area (Å²) in [7, 11) is 0. The van der Waals surface area contributed by atoms with Crippen LogP contribution >= 0.6 is 0 Å². The topological polar surface area (TPSA) is 35.2 Å². The Morgan fingerprint density at radius 1 is 1.05 bits per heavy atom. The molecule has 0 spiro atoms. The first-order valence-corrected chi connectivity index (χ1v) is 7.25. The number of hydrogen-bond acceptors (Lipinski definition) is 2. The normalized spacial score (nSPS) is 12.2. The summed E-state index contributed by atoms with van der Waals surface area (Å²) in [5.74, 6) is 0.853. The smallest absolute Gasteiger partial charge is 0.123 e. The molecule has 0 aromatic heterocycles. The number of benzene rings is 2. The highest BCUT2D eigenvalue weighted by molar-refractivity contribution is 5.33. The molecule has 0 fully saturated rings. The molecular formula is C18H22FNO. The Hall–Kier alpha value is -1.87. The van der Waals surface area contributed by atoms with Gasteiger partial charge in [-0.05, 0) is 73.7 Å². The van der Waals surface area contributed by atoms with Crippen molar-refractivity contribution in [1.82, 2.24) is 0 Å². The second kappa shape index (κ2) is 7.23. The molecule has 1 atom stereocenters. The van der Waals surface area contributed by atoms with E-state index in [0.29, 0.717) is 13.2 Å².